The number of likely N-dealkylation sites (tertiary alicyclic amines) is 1. The second kappa shape index (κ2) is 9.60. The summed E-state index contributed by atoms with van der Waals surface area (Å²) in [5.41, 5.74) is 1.30. The Bertz CT molecular complexity index is 924. The van der Waals surface area contributed by atoms with Crippen molar-refractivity contribution in [3.63, 3.8) is 0 Å². The number of hydrogen-bond donors (Lipinski definition) is 1. The quantitative estimate of drug-likeness (QED) is 0.739. The molecule has 2 aliphatic rings. The summed E-state index contributed by atoms with van der Waals surface area (Å²) in [6, 6.07) is 14.0. The van der Waals surface area contributed by atoms with E-state index >= 15 is 0 Å². The molecule has 2 aliphatic heterocycles. The van der Waals surface area contributed by atoms with Gasteiger partial charge in [-0.05, 0) is 49.2 Å². The Kier molecular flexibility index (Phi) is 6.87. The van der Waals surface area contributed by atoms with Crippen LogP contribution in [0.4, 0.5) is 0 Å². The first-order valence-electron chi connectivity index (χ1n) is 10.6. The zero-order valence-corrected chi connectivity index (χ0v) is 18.7. The zero-order chi connectivity index (χ0) is 21.0. The monoisotopic (exact) mass is 447 g/mol. The van der Waals surface area contributed by atoms with Gasteiger partial charge in [0, 0.05) is 38.1 Å². The topological polar surface area (TPSA) is 69.7 Å². The Balaban J connectivity index is 1.26. The van der Waals surface area contributed by atoms with Crippen molar-refractivity contribution < 1.29 is 13.2 Å². The summed E-state index contributed by atoms with van der Waals surface area (Å²) in [4.78, 5) is 15.2. The van der Waals surface area contributed by atoms with Gasteiger partial charge >= 0.3 is 0 Å². The van der Waals surface area contributed by atoms with Gasteiger partial charge in [0.2, 0.25) is 5.91 Å². The van der Waals surface area contributed by atoms with Crippen molar-refractivity contribution in [2.24, 2.45) is 5.92 Å². The Morgan fingerprint density at radius 2 is 1.80 bits per heavy atom. The minimum absolute atomic E-state index is 0.0785. The maximum Gasteiger partial charge on any atom is 0.252 e. The molecule has 8 heteroatoms. The van der Waals surface area contributed by atoms with Crippen LogP contribution in [0, 0.1) is 5.92 Å². The smallest absolute Gasteiger partial charge is 0.252 e. The summed E-state index contributed by atoms with van der Waals surface area (Å²) in [6.45, 7) is 3.64. The second-order valence-electron chi connectivity index (χ2n) is 8.18. The first-order valence-corrected chi connectivity index (χ1v) is 12.9. The van der Waals surface area contributed by atoms with Crippen molar-refractivity contribution in [2.75, 3.05) is 26.2 Å². The molecule has 0 radical (unpaired) electrons. The van der Waals surface area contributed by atoms with E-state index in [0.717, 1.165) is 32.5 Å². The van der Waals surface area contributed by atoms with Crippen LogP contribution < -0.4 is 5.32 Å². The molecule has 1 aromatic heterocycles. The van der Waals surface area contributed by atoms with E-state index < -0.39 is 10.0 Å². The van der Waals surface area contributed by atoms with Crippen molar-refractivity contribution >= 4 is 27.3 Å². The third-order valence-corrected chi connectivity index (χ3v) is 9.29. The van der Waals surface area contributed by atoms with Crippen molar-refractivity contribution in [2.45, 2.75) is 42.5 Å². The number of amides is 1. The second-order valence-corrected chi connectivity index (χ2v) is 11.3. The van der Waals surface area contributed by atoms with Gasteiger partial charge in [-0.2, -0.15) is 4.31 Å². The maximum absolute atomic E-state index is 12.8. The number of sulfonamides is 1. The lowest BCUT2D eigenvalue weighted by Crippen LogP contribution is -2.50. The number of nitrogens with one attached hydrogen (secondary N) is 1. The average molecular weight is 448 g/mol. The molecule has 0 aliphatic carbocycles. The molecule has 1 atom stereocenters. The first kappa shape index (κ1) is 21.5. The summed E-state index contributed by atoms with van der Waals surface area (Å²) in [5.74, 6) is -0.0287. The fourth-order valence-electron chi connectivity index (χ4n) is 4.37. The van der Waals surface area contributed by atoms with E-state index in [4.69, 9.17) is 0 Å². The van der Waals surface area contributed by atoms with Crippen LogP contribution in [0.2, 0.25) is 0 Å². The van der Waals surface area contributed by atoms with Gasteiger partial charge in [-0.15, -0.1) is 11.3 Å². The molecule has 6 nitrogen and oxygen atoms in total. The molecule has 1 amide bonds. The lowest BCUT2D eigenvalue weighted by molar-refractivity contribution is -0.127. The number of nitrogens with zero attached hydrogens (tertiary/aromatic N) is 2. The SMILES string of the molecule is O=C(NC1CCCN(Cc2ccccc2)C1)C1CCN(S(=O)(=O)c2cccs2)CC1. The molecule has 1 N–H and O–H groups in total. The Morgan fingerprint density at radius 1 is 1.03 bits per heavy atom. The van der Waals surface area contributed by atoms with Crippen LogP contribution >= 0.6 is 11.3 Å². The maximum atomic E-state index is 12.8. The van der Waals surface area contributed by atoms with Crippen LogP contribution in [0.15, 0.2) is 52.1 Å². The summed E-state index contributed by atoms with van der Waals surface area (Å²) in [5, 5.41) is 5.02. The number of rotatable bonds is 6. The summed E-state index contributed by atoms with van der Waals surface area (Å²) >= 11 is 1.24. The van der Waals surface area contributed by atoms with Crippen LogP contribution in [0.3, 0.4) is 0 Å². The van der Waals surface area contributed by atoms with Gasteiger partial charge in [0.05, 0.1) is 0 Å². The number of hydrogen-bond acceptors (Lipinski definition) is 5. The van der Waals surface area contributed by atoms with Gasteiger partial charge < -0.3 is 5.32 Å². The Morgan fingerprint density at radius 3 is 2.50 bits per heavy atom. The Labute approximate surface area is 182 Å². The van der Waals surface area contributed by atoms with Gasteiger partial charge in [-0.1, -0.05) is 36.4 Å². The highest BCUT2D eigenvalue weighted by Gasteiger charge is 2.33. The number of carbonyl (C=O) groups is 1. The summed E-state index contributed by atoms with van der Waals surface area (Å²) < 4.78 is 27.2. The van der Waals surface area contributed by atoms with E-state index in [1.165, 1.54) is 21.2 Å². The third-order valence-electron chi connectivity index (χ3n) is 6.01. The van der Waals surface area contributed by atoms with Crippen molar-refractivity contribution in [1.82, 2.24) is 14.5 Å². The molecular weight excluding hydrogens is 418 g/mol. The molecule has 0 bridgehead atoms. The molecule has 4 rings (SSSR count). The number of piperidine rings is 2. The molecule has 2 saturated heterocycles. The van der Waals surface area contributed by atoms with E-state index in [1.807, 2.05) is 6.07 Å². The predicted octanol–water partition coefficient (Wildman–Crippen LogP) is 2.93. The van der Waals surface area contributed by atoms with E-state index in [-0.39, 0.29) is 17.9 Å². The normalized spacial score (nSPS) is 22.1. The van der Waals surface area contributed by atoms with Gasteiger partial charge in [0.15, 0.2) is 0 Å². The van der Waals surface area contributed by atoms with E-state index in [0.29, 0.717) is 30.1 Å². The fraction of sp³-hybridized carbons (Fsp3) is 0.500. The number of thiophene rings is 1. The van der Waals surface area contributed by atoms with Crippen molar-refractivity contribution in [1.29, 1.82) is 0 Å². The van der Waals surface area contributed by atoms with Crippen LogP contribution in [0.1, 0.15) is 31.2 Å². The zero-order valence-electron chi connectivity index (χ0n) is 17.1. The molecule has 1 aromatic carbocycles. The molecular formula is C22H29N3O3S2. The number of carbonyl (C=O) groups excluding carboxylic acids is 1. The van der Waals surface area contributed by atoms with Gasteiger partial charge in [0.25, 0.3) is 10.0 Å². The van der Waals surface area contributed by atoms with Crippen LogP contribution in [-0.4, -0.2) is 55.8 Å². The molecule has 2 aromatic rings. The standard InChI is InChI=1S/C22H29N3O3S2/c26-22(19-10-13-25(14-11-19)30(27,28)21-9-5-15-29-21)23-20-8-4-12-24(17-20)16-18-6-2-1-3-7-18/h1-3,5-7,9,15,19-20H,4,8,10-14,16-17H2,(H,23,26). The van der Waals surface area contributed by atoms with Gasteiger partial charge in [-0.25, -0.2) is 8.42 Å². The molecule has 1 unspecified atom stereocenters. The summed E-state index contributed by atoms with van der Waals surface area (Å²) in [6.07, 6.45) is 3.24. The Hall–Kier alpha value is -1.74. The van der Waals surface area contributed by atoms with E-state index in [9.17, 15) is 13.2 Å². The summed E-state index contributed by atoms with van der Waals surface area (Å²) in [7, 11) is -3.42. The van der Waals surface area contributed by atoms with Crippen LogP contribution in [-0.2, 0) is 21.4 Å². The third kappa shape index (κ3) is 5.11. The highest BCUT2D eigenvalue weighted by molar-refractivity contribution is 7.91. The van der Waals surface area contributed by atoms with Crippen molar-refractivity contribution in [3.05, 3.63) is 53.4 Å². The lowest BCUT2D eigenvalue weighted by Gasteiger charge is -2.35. The van der Waals surface area contributed by atoms with Gasteiger partial charge in [0.1, 0.15) is 4.21 Å². The first-order chi connectivity index (χ1) is 14.5. The van der Waals surface area contributed by atoms with Crippen LogP contribution in [0.5, 0.6) is 0 Å². The lowest BCUT2D eigenvalue weighted by atomic mass is 9.96. The predicted molar refractivity (Wildman–Crippen MR) is 119 cm³/mol. The minimum Gasteiger partial charge on any atom is -0.352 e. The highest BCUT2D eigenvalue weighted by atomic mass is 32.2. The molecule has 30 heavy (non-hydrogen) atoms. The van der Waals surface area contributed by atoms with E-state index in [2.05, 4.69) is 34.5 Å². The van der Waals surface area contributed by atoms with Crippen LogP contribution in [0.25, 0.3) is 0 Å². The molecule has 0 spiro atoms. The molecule has 162 valence electrons. The van der Waals surface area contributed by atoms with Gasteiger partial charge in [-0.3, -0.25) is 9.69 Å². The average Bonchev–Trinajstić information content (AvgIpc) is 3.31. The number of benzene rings is 1. The largest absolute Gasteiger partial charge is 0.352 e. The highest BCUT2D eigenvalue weighted by Crippen LogP contribution is 2.26. The van der Waals surface area contributed by atoms with E-state index in [1.54, 1.807) is 17.5 Å². The van der Waals surface area contributed by atoms with Crippen molar-refractivity contribution in [3.8, 4) is 0 Å². The fourth-order valence-corrected chi connectivity index (χ4v) is 6.99. The molecule has 3 heterocycles. The minimum atomic E-state index is -3.42. The molecule has 2 fully saturated rings. The molecule has 0 saturated carbocycles.